The van der Waals surface area contributed by atoms with E-state index >= 15 is 0 Å². The lowest BCUT2D eigenvalue weighted by molar-refractivity contribution is -0.126. The Morgan fingerprint density at radius 2 is 2.27 bits per heavy atom. The van der Waals surface area contributed by atoms with Crippen molar-refractivity contribution in [2.24, 2.45) is 0 Å². The van der Waals surface area contributed by atoms with Gasteiger partial charge in [0.1, 0.15) is 5.72 Å². The highest BCUT2D eigenvalue weighted by Gasteiger charge is 2.15. The van der Waals surface area contributed by atoms with Crippen LogP contribution in [0.15, 0.2) is 24.4 Å². The maximum absolute atomic E-state index is 11.3. The molecule has 4 nitrogen and oxygen atoms in total. The molecule has 1 rings (SSSR count). The highest BCUT2D eigenvalue weighted by Crippen LogP contribution is 2.00. The minimum absolute atomic E-state index is 0.173. The molecule has 0 unspecified atom stereocenters. The first-order valence-electron chi connectivity index (χ1n) is 4.91. The predicted octanol–water partition coefficient (Wildman–Crippen LogP) is 0.859. The Morgan fingerprint density at radius 3 is 2.80 bits per heavy atom. The number of amides is 1. The van der Waals surface area contributed by atoms with Gasteiger partial charge < -0.3 is 10.4 Å². The predicted molar refractivity (Wildman–Crippen MR) is 57.0 cm³/mol. The summed E-state index contributed by atoms with van der Waals surface area (Å²) in [5.41, 5.74) is -0.273. The fourth-order valence-corrected chi connectivity index (χ4v) is 1.19. The van der Waals surface area contributed by atoms with E-state index in [2.05, 4.69) is 10.3 Å². The molecule has 0 aliphatic carbocycles. The number of carbonyl (C=O) groups excluding carboxylic acids is 1. The van der Waals surface area contributed by atoms with Gasteiger partial charge in [-0.05, 0) is 32.4 Å². The largest absolute Gasteiger partial charge is 0.372 e. The average molecular weight is 208 g/mol. The molecule has 0 fully saturated rings. The quantitative estimate of drug-likeness (QED) is 0.721. The highest BCUT2D eigenvalue weighted by molar-refractivity contribution is 5.76. The van der Waals surface area contributed by atoms with Crippen LogP contribution in [0.25, 0.3) is 0 Å². The van der Waals surface area contributed by atoms with Crippen LogP contribution in [-0.4, -0.2) is 21.7 Å². The summed E-state index contributed by atoms with van der Waals surface area (Å²) in [6.45, 7) is 3.07. The lowest BCUT2D eigenvalue weighted by Gasteiger charge is -2.18. The monoisotopic (exact) mass is 208 g/mol. The number of nitrogens with zero attached hydrogens (tertiary/aromatic N) is 1. The van der Waals surface area contributed by atoms with E-state index in [1.54, 1.807) is 6.20 Å². The van der Waals surface area contributed by atoms with Crippen molar-refractivity contribution in [3.05, 3.63) is 30.1 Å². The standard InChI is InChI=1S/C11H16N2O2/c1-11(2,15)13-10(14)7-6-9-5-3-4-8-12-9/h3-5,8,15H,6-7H2,1-2H3,(H,13,14). The van der Waals surface area contributed by atoms with Gasteiger partial charge in [0, 0.05) is 18.3 Å². The molecule has 1 amide bonds. The molecule has 1 heterocycles. The fraction of sp³-hybridized carbons (Fsp3) is 0.455. The summed E-state index contributed by atoms with van der Waals surface area (Å²) in [4.78, 5) is 15.4. The molecular weight excluding hydrogens is 192 g/mol. The van der Waals surface area contributed by atoms with Crippen LogP contribution in [-0.2, 0) is 11.2 Å². The summed E-state index contributed by atoms with van der Waals surface area (Å²) in [6.07, 6.45) is 2.62. The van der Waals surface area contributed by atoms with E-state index in [4.69, 9.17) is 0 Å². The normalized spacial score (nSPS) is 11.1. The van der Waals surface area contributed by atoms with Gasteiger partial charge in [0.2, 0.25) is 5.91 Å². The molecule has 0 aromatic carbocycles. The second-order valence-electron chi connectivity index (χ2n) is 3.93. The summed E-state index contributed by atoms with van der Waals surface area (Å²) in [6, 6.07) is 5.59. The smallest absolute Gasteiger partial charge is 0.222 e. The van der Waals surface area contributed by atoms with E-state index in [1.165, 1.54) is 13.8 Å². The van der Waals surface area contributed by atoms with Crippen molar-refractivity contribution in [1.29, 1.82) is 0 Å². The van der Waals surface area contributed by atoms with E-state index in [0.29, 0.717) is 12.8 Å². The molecule has 0 bridgehead atoms. The molecule has 1 aromatic heterocycles. The molecule has 4 heteroatoms. The number of aryl methyl sites for hydroxylation is 1. The Kier molecular flexibility index (Phi) is 3.80. The number of carbonyl (C=O) groups is 1. The van der Waals surface area contributed by atoms with Gasteiger partial charge in [-0.3, -0.25) is 9.78 Å². The van der Waals surface area contributed by atoms with Crippen LogP contribution in [0.4, 0.5) is 0 Å². The van der Waals surface area contributed by atoms with Crippen LogP contribution in [0.2, 0.25) is 0 Å². The average Bonchev–Trinajstić information content (AvgIpc) is 2.14. The van der Waals surface area contributed by atoms with Gasteiger partial charge in [0.05, 0.1) is 0 Å². The van der Waals surface area contributed by atoms with Crippen molar-refractivity contribution >= 4 is 5.91 Å². The minimum atomic E-state index is -1.15. The van der Waals surface area contributed by atoms with Crippen LogP contribution in [0.3, 0.4) is 0 Å². The van der Waals surface area contributed by atoms with Gasteiger partial charge >= 0.3 is 0 Å². The molecule has 1 aromatic rings. The molecule has 0 aliphatic rings. The molecule has 2 N–H and O–H groups in total. The third-order valence-corrected chi connectivity index (χ3v) is 1.78. The van der Waals surface area contributed by atoms with E-state index in [1.807, 2.05) is 18.2 Å². The van der Waals surface area contributed by atoms with Gasteiger partial charge in [-0.1, -0.05) is 6.07 Å². The van der Waals surface area contributed by atoms with Crippen molar-refractivity contribution in [3.8, 4) is 0 Å². The zero-order chi connectivity index (χ0) is 11.3. The van der Waals surface area contributed by atoms with Crippen LogP contribution >= 0.6 is 0 Å². The number of hydrogen-bond acceptors (Lipinski definition) is 3. The fourth-order valence-electron chi connectivity index (χ4n) is 1.19. The zero-order valence-corrected chi connectivity index (χ0v) is 9.03. The van der Waals surface area contributed by atoms with Gasteiger partial charge in [0.15, 0.2) is 0 Å². The zero-order valence-electron chi connectivity index (χ0n) is 9.03. The van der Waals surface area contributed by atoms with Crippen LogP contribution < -0.4 is 5.32 Å². The number of aliphatic hydroxyl groups is 1. The van der Waals surface area contributed by atoms with Gasteiger partial charge in [-0.25, -0.2) is 0 Å². The number of nitrogens with one attached hydrogen (secondary N) is 1. The molecule has 0 saturated heterocycles. The first-order valence-corrected chi connectivity index (χ1v) is 4.91. The third kappa shape index (κ3) is 5.12. The first-order chi connectivity index (χ1) is 6.97. The maximum atomic E-state index is 11.3. The number of rotatable bonds is 4. The number of hydrogen-bond donors (Lipinski definition) is 2. The third-order valence-electron chi connectivity index (χ3n) is 1.78. The topological polar surface area (TPSA) is 62.2 Å². The van der Waals surface area contributed by atoms with E-state index < -0.39 is 5.72 Å². The summed E-state index contributed by atoms with van der Waals surface area (Å²) < 4.78 is 0. The second-order valence-corrected chi connectivity index (χ2v) is 3.93. The van der Waals surface area contributed by atoms with Crippen molar-refractivity contribution < 1.29 is 9.90 Å². The Hall–Kier alpha value is -1.42. The summed E-state index contributed by atoms with van der Waals surface area (Å²) in [5, 5.41) is 11.8. The van der Waals surface area contributed by atoms with Crippen molar-refractivity contribution in [1.82, 2.24) is 10.3 Å². The lowest BCUT2D eigenvalue weighted by Crippen LogP contribution is -2.43. The van der Waals surface area contributed by atoms with Crippen LogP contribution in [0, 0.1) is 0 Å². The van der Waals surface area contributed by atoms with Crippen molar-refractivity contribution in [2.75, 3.05) is 0 Å². The van der Waals surface area contributed by atoms with E-state index in [-0.39, 0.29) is 5.91 Å². The summed E-state index contributed by atoms with van der Waals surface area (Å²) >= 11 is 0. The Balaban J connectivity index is 2.35. The molecule has 0 aliphatic heterocycles. The Bertz CT molecular complexity index is 317. The molecule has 15 heavy (non-hydrogen) atoms. The Morgan fingerprint density at radius 1 is 1.53 bits per heavy atom. The lowest BCUT2D eigenvalue weighted by atomic mass is 10.2. The van der Waals surface area contributed by atoms with Crippen LogP contribution in [0.1, 0.15) is 26.0 Å². The van der Waals surface area contributed by atoms with Gasteiger partial charge in [-0.2, -0.15) is 0 Å². The second kappa shape index (κ2) is 4.89. The van der Waals surface area contributed by atoms with Gasteiger partial charge in [0.25, 0.3) is 0 Å². The van der Waals surface area contributed by atoms with Gasteiger partial charge in [-0.15, -0.1) is 0 Å². The van der Waals surface area contributed by atoms with E-state index in [9.17, 15) is 9.90 Å². The SMILES string of the molecule is CC(C)(O)NC(=O)CCc1ccccn1. The Labute approximate surface area is 89.3 Å². The molecular formula is C11H16N2O2. The van der Waals surface area contributed by atoms with E-state index in [0.717, 1.165) is 5.69 Å². The molecule has 0 atom stereocenters. The number of aromatic nitrogens is 1. The van der Waals surface area contributed by atoms with Crippen molar-refractivity contribution in [2.45, 2.75) is 32.4 Å². The highest BCUT2D eigenvalue weighted by atomic mass is 16.3. The molecule has 0 radical (unpaired) electrons. The summed E-state index contributed by atoms with van der Waals surface area (Å²) in [7, 11) is 0. The first kappa shape index (κ1) is 11.7. The van der Waals surface area contributed by atoms with Crippen LogP contribution in [0.5, 0.6) is 0 Å². The number of pyridine rings is 1. The van der Waals surface area contributed by atoms with Crippen molar-refractivity contribution in [3.63, 3.8) is 0 Å². The molecule has 0 saturated carbocycles. The minimum Gasteiger partial charge on any atom is -0.372 e. The summed E-state index contributed by atoms with van der Waals surface area (Å²) in [5.74, 6) is -0.173. The molecule has 0 spiro atoms. The maximum Gasteiger partial charge on any atom is 0.222 e. The molecule has 82 valence electrons.